The Hall–Kier alpha value is -2.35. The molecule has 0 fully saturated rings. The van der Waals surface area contributed by atoms with Crippen LogP contribution in [0.15, 0.2) is 60.7 Å². The minimum atomic E-state index is -0.695. The Kier molecular flexibility index (Phi) is 4.08. The molecule has 0 heterocycles. The van der Waals surface area contributed by atoms with Crippen LogP contribution < -0.4 is 0 Å². The zero-order valence-electron chi connectivity index (χ0n) is 13.8. The van der Waals surface area contributed by atoms with Gasteiger partial charge in [0.1, 0.15) is 0 Å². The molecule has 0 saturated heterocycles. The van der Waals surface area contributed by atoms with Crippen LogP contribution in [0.3, 0.4) is 0 Å². The first kappa shape index (κ1) is 15.5. The molecule has 0 aliphatic heterocycles. The summed E-state index contributed by atoms with van der Waals surface area (Å²) in [6.07, 6.45) is 2.83. The first-order chi connectivity index (χ1) is 11.1. The smallest absolute Gasteiger partial charge is 0.334 e. The number of unbranched alkanes of at least 4 members (excludes halogenated alkanes) is 1. The largest absolute Gasteiger partial charge is 0.446 e. The van der Waals surface area contributed by atoms with Gasteiger partial charge in [0.25, 0.3) is 0 Å². The van der Waals surface area contributed by atoms with Crippen LogP contribution >= 0.6 is 0 Å². The zero-order chi connectivity index (χ0) is 16.4. The highest BCUT2D eigenvalue weighted by Crippen LogP contribution is 2.52. The highest BCUT2D eigenvalue weighted by atomic mass is 16.6. The van der Waals surface area contributed by atoms with Crippen LogP contribution in [-0.4, -0.2) is 5.97 Å². The normalized spacial score (nSPS) is 14.0. The summed E-state index contributed by atoms with van der Waals surface area (Å²) in [4.78, 5) is 12.4. The summed E-state index contributed by atoms with van der Waals surface area (Å²) in [6.45, 7) is 7.60. The number of benzene rings is 2. The van der Waals surface area contributed by atoms with Gasteiger partial charge in [0, 0.05) is 16.7 Å². The molecule has 2 aromatic carbocycles. The maximum atomic E-state index is 12.4. The Morgan fingerprint density at radius 1 is 1.04 bits per heavy atom. The highest BCUT2D eigenvalue weighted by molar-refractivity contribution is 5.89. The van der Waals surface area contributed by atoms with E-state index in [1.54, 1.807) is 6.92 Å². The van der Waals surface area contributed by atoms with Gasteiger partial charge in [0.2, 0.25) is 0 Å². The van der Waals surface area contributed by atoms with Crippen LogP contribution in [0.25, 0.3) is 11.1 Å². The van der Waals surface area contributed by atoms with E-state index in [2.05, 4.69) is 37.8 Å². The Balaban J connectivity index is 2.21. The minimum absolute atomic E-state index is 0.326. The van der Waals surface area contributed by atoms with Crippen molar-refractivity contribution in [2.75, 3.05) is 0 Å². The van der Waals surface area contributed by atoms with E-state index in [-0.39, 0.29) is 5.97 Å². The van der Waals surface area contributed by atoms with Gasteiger partial charge in [-0.25, -0.2) is 4.79 Å². The standard InChI is InChI=1S/C21H22O2/c1-4-5-14-21(23-20(22)15(2)3)18-12-8-6-10-16(18)17-11-7-9-13-19(17)21/h6-13H,2,4-5,14H2,1,3H3. The van der Waals surface area contributed by atoms with Gasteiger partial charge in [-0.15, -0.1) is 0 Å². The number of carbonyl (C=O) groups excluding carboxylic acids is 1. The van der Waals surface area contributed by atoms with Gasteiger partial charge in [0.05, 0.1) is 0 Å². The lowest BCUT2D eigenvalue weighted by Gasteiger charge is -2.32. The maximum absolute atomic E-state index is 12.4. The van der Waals surface area contributed by atoms with Crippen molar-refractivity contribution in [3.63, 3.8) is 0 Å². The second-order valence-corrected chi connectivity index (χ2v) is 6.19. The molecule has 118 valence electrons. The third-order valence-corrected chi connectivity index (χ3v) is 4.51. The van der Waals surface area contributed by atoms with Gasteiger partial charge in [-0.1, -0.05) is 68.5 Å². The van der Waals surface area contributed by atoms with Crippen LogP contribution in [0.4, 0.5) is 0 Å². The molecule has 2 heteroatoms. The Morgan fingerprint density at radius 2 is 1.57 bits per heavy atom. The van der Waals surface area contributed by atoms with E-state index >= 15 is 0 Å². The fraction of sp³-hybridized carbons (Fsp3) is 0.286. The Morgan fingerprint density at radius 3 is 2.04 bits per heavy atom. The summed E-state index contributed by atoms with van der Waals surface area (Å²) >= 11 is 0. The molecule has 0 atom stereocenters. The lowest BCUT2D eigenvalue weighted by atomic mass is 9.86. The molecule has 2 nitrogen and oxygen atoms in total. The van der Waals surface area contributed by atoms with Crippen LogP contribution in [0, 0.1) is 0 Å². The van der Waals surface area contributed by atoms with Gasteiger partial charge in [0.15, 0.2) is 5.60 Å². The van der Waals surface area contributed by atoms with E-state index in [1.165, 1.54) is 0 Å². The number of ether oxygens (including phenoxy) is 1. The molecule has 0 amide bonds. The molecule has 0 N–H and O–H groups in total. The van der Waals surface area contributed by atoms with Gasteiger partial charge < -0.3 is 4.74 Å². The van der Waals surface area contributed by atoms with Crippen LogP contribution in [0.1, 0.15) is 44.2 Å². The average Bonchev–Trinajstić information content (AvgIpc) is 2.84. The van der Waals surface area contributed by atoms with Gasteiger partial charge in [-0.05, 0) is 30.9 Å². The predicted octanol–water partition coefficient (Wildman–Crippen LogP) is 5.22. The summed E-state index contributed by atoms with van der Waals surface area (Å²) in [7, 11) is 0. The Labute approximate surface area is 137 Å². The van der Waals surface area contributed by atoms with Crippen molar-refractivity contribution in [1.82, 2.24) is 0 Å². The molecule has 3 rings (SSSR count). The lowest BCUT2D eigenvalue weighted by Crippen LogP contribution is -2.32. The highest BCUT2D eigenvalue weighted by Gasteiger charge is 2.45. The molecule has 1 aliphatic carbocycles. The fourth-order valence-electron chi connectivity index (χ4n) is 3.39. The molecule has 0 spiro atoms. The van der Waals surface area contributed by atoms with Crippen molar-refractivity contribution in [1.29, 1.82) is 0 Å². The van der Waals surface area contributed by atoms with Crippen LogP contribution in [0.5, 0.6) is 0 Å². The quantitative estimate of drug-likeness (QED) is 0.559. The average molecular weight is 306 g/mol. The summed E-state index contributed by atoms with van der Waals surface area (Å²) < 4.78 is 6.08. The fourth-order valence-corrected chi connectivity index (χ4v) is 3.39. The molecular formula is C21H22O2. The number of hydrogen-bond acceptors (Lipinski definition) is 2. The number of fused-ring (bicyclic) bond motifs is 3. The molecule has 1 aliphatic rings. The monoisotopic (exact) mass is 306 g/mol. The lowest BCUT2D eigenvalue weighted by molar-refractivity contribution is -0.152. The van der Waals surface area contributed by atoms with E-state index in [0.717, 1.165) is 41.5 Å². The summed E-state index contributed by atoms with van der Waals surface area (Å²) in [6, 6.07) is 16.5. The van der Waals surface area contributed by atoms with Crippen molar-refractivity contribution >= 4 is 5.97 Å². The molecule has 0 aromatic heterocycles. The van der Waals surface area contributed by atoms with E-state index < -0.39 is 5.60 Å². The van der Waals surface area contributed by atoms with Gasteiger partial charge in [-0.3, -0.25) is 0 Å². The second-order valence-electron chi connectivity index (χ2n) is 6.19. The maximum Gasteiger partial charge on any atom is 0.334 e. The molecule has 23 heavy (non-hydrogen) atoms. The molecule has 2 aromatic rings. The van der Waals surface area contributed by atoms with Gasteiger partial charge >= 0.3 is 5.97 Å². The van der Waals surface area contributed by atoms with E-state index in [4.69, 9.17) is 4.74 Å². The molecular weight excluding hydrogens is 284 g/mol. The first-order valence-electron chi connectivity index (χ1n) is 8.18. The third-order valence-electron chi connectivity index (χ3n) is 4.51. The molecule has 0 unspecified atom stereocenters. The number of hydrogen-bond donors (Lipinski definition) is 0. The van der Waals surface area contributed by atoms with Crippen molar-refractivity contribution in [3.8, 4) is 11.1 Å². The first-order valence-corrected chi connectivity index (χ1v) is 8.18. The Bertz CT molecular complexity index is 712. The van der Waals surface area contributed by atoms with Crippen molar-refractivity contribution in [2.45, 2.75) is 38.7 Å². The topological polar surface area (TPSA) is 26.3 Å². The van der Waals surface area contributed by atoms with E-state index in [0.29, 0.717) is 5.57 Å². The summed E-state index contributed by atoms with van der Waals surface area (Å²) in [5.41, 5.74) is 4.23. The number of esters is 1. The number of rotatable bonds is 5. The van der Waals surface area contributed by atoms with Crippen LogP contribution in [-0.2, 0) is 15.1 Å². The molecule has 0 saturated carbocycles. The SMILES string of the molecule is C=C(C)C(=O)OC1(CCCC)c2ccccc2-c2ccccc21. The summed E-state index contributed by atoms with van der Waals surface area (Å²) in [5, 5.41) is 0. The number of carbonyl (C=O) groups is 1. The zero-order valence-corrected chi connectivity index (χ0v) is 13.8. The third kappa shape index (κ3) is 2.48. The van der Waals surface area contributed by atoms with Crippen molar-refractivity contribution in [2.24, 2.45) is 0 Å². The van der Waals surface area contributed by atoms with Gasteiger partial charge in [-0.2, -0.15) is 0 Å². The van der Waals surface area contributed by atoms with Crippen molar-refractivity contribution < 1.29 is 9.53 Å². The predicted molar refractivity (Wildman–Crippen MR) is 93.1 cm³/mol. The minimum Gasteiger partial charge on any atom is -0.446 e. The van der Waals surface area contributed by atoms with Crippen LogP contribution in [0.2, 0.25) is 0 Å². The molecule has 0 bridgehead atoms. The summed E-state index contributed by atoms with van der Waals surface area (Å²) in [5.74, 6) is -0.326. The van der Waals surface area contributed by atoms with E-state index in [1.807, 2.05) is 24.3 Å². The van der Waals surface area contributed by atoms with E-state index in [9.17, 15) is 4.79 Å². The van der Waals surface area contributed by atoms with Crippen molar-refractivity contribution in [3.05, 3.63) is 71.8 Å². The molecule has 0 radical (unpaired) electrons. The second kappa shape index (κ2) is 6.04.